The summed E-state index contributed by atoms with van der Waals surface area (Å²) in [4.78, 5) is 22.7. The van der Waals surface area contributed by atoms with Gasteiger partial charge < -0.3 is 14.8 Å². The molecule has 0 saturated heterocycles. The number of H-pyrrole nitrogens is 1. The first kappa shape index (κ1) is 12.2. The fourth-order valence-electron chi connectivity index (χ4n) is 1.79. The molecule has 102 valence electrons. The molecule has 0 unspecified atom stereocenters. The van der Waals surface area contributed by atoms with E-state index in [4.69, 9.17) is 9.47 Å². The highest BCUT2D eigenvalue weighted by atomic mass is 16.7. The van der Waals surface area contributed by atoms with Gasteiger partial charge in [-0.1, -0.05) is 6.07 Å². The highest BCUT2D eigenvalue weighted by Crippen LogP contribution is 2.32. The second kappa shape index (κ2) is 5.04. The maximum absolute atomic E-state index is 11.8. The number of hydrogen-bond acceptors (Lipinski definition) is 5. The van der Waals surface area contributed by atoms with Crippen molar-refractivity contribution in [2.45, 2.75) is 6.54 Å². The normalized spacial score (nSPS) is 12.2. The summed E-state index contributed by atoms with van der Waals surface area (Å²) < 4.78 is 10.5. The number of amides is 1. The summed E-state index contributed by atoms with van der Waals surface area (Å²) in [5, 5.41) is 8.57. The molecule has 0 saturated carbocycles. The van der Waals surface area contributed by atoms with Gasteiger partial charge in [-0.05, 0) is 23.8 Å². The van der Waals surface area contributed by atoms with Gasteiger partial charge in [-0.15, -0.1) is 0 Å². The molecule has 20 heavy (non-hydrogen) atoms. The molecular formula is C13H11N3O4. The van der Waals surface area contributed by atoms with Crippen LogP contribution in [0.4, 0.5) is 0 Å². The molecule has 0 spiro atoms. The van der Waals surface area contributed by atoms with Crippen molar-refractivity contribution >= 4 is 5.91 Å². The number of carbonyl (C=O) groups is 1. The zero-order chi connectivity index (χ0) is 13.9. The highest BCUT2D eigenvalue weighted by Gasteiger charge is 2.13. The van der Waals surface area contributed by atoms with Gasteiger partial charge in [0.2, 0.25) is 6.79 Å². The van der Waals surface area contributed by atoms with Gasteiger partial charge in [-0.3, -0.25) is 9.59 Å². The minimum Gasteiger partial charge on any atom is -0.454 e. The lowest BCUT2D eigenvalue weighted by Gasteiger charge is -2.05. The molecule has 2 heterocycles. The zero-order valence-electron chi connectivity index (χ0n) is 10.4. The number of nitrogens with zero attached hydrogens (tertiary/aromatic N) is 1. The monoisotopic (exact) mass is 273 g/mol. The van der Waals surface area contributed by atoms with E-state index in [1.807, 2.05) is 12.1 Å². The Balaban J connectivity index is 1.66. The van der Waals surface area contributed by atoms with E-state index in [2.05, 4.69) is 15.5 Å². The molecule has 1 aliphatic heterocycles. The largest absolute Gasteiger partial charge is 0.454 e. The fourth-order valence-corrected chi connectivity index (χ4v) is 1.79. The van der Waals surface area contributed by atoms with Gasteiger partial charge >= 0.3 is 0 Å². The Morgan fingerprint density at radius 3 is 2.90 bits per heavy atom. The molecule has 0 aliphatic carbocycles. The molecular weight excluding hydrogens is 262 g/mol. The van der Waals surface area contributed by atoms with Crippen LogP contribution in [-0.4, -0.2) is 22.9 Å². The molecule has 7 heteroatoms. The van der Waals surface area contributed by atoms with Crippen molar-refractivity contribution in [1.82, 2.24) is 15.5 Å². The van der Waals surface area contributed by atoms with E-state index >= 15 is 0 Å². The number of aromatic amines is 1. The number of ether oxygens (including phenoxy) is 2. The fraction of sp³-hybridized carbons (Fsp3) is 0.154. The third kappa shape index (κ3) is 2.46. The smallest absolute Gasteiger partial charge is 0.271 e. The quantitative estimate of drug-likeness (QED) is 0.845. The highest BCUT2D eigenvalue weighted by molar-refractivity contribution is 5.91. The molecule has 1 aromatic heterocycles. The molecule has 7 nitrogen and oxygen atoms in total. The van der Waals surface area contributed by atoms with Crippen LogP contribution in [0.25, 0.3) is 0 Å². The summed E-state index contributed by atoms with van der Waals surface area (Å²) in [5.74, 6) is 1.00. The van der Waals surface area contributed by atoms with Crippen molar-refractivity contribution < 1.29 is 14.3 Å². The number of nitrogens with one attached hydrogen (secondary N) is 2. The lowest BCUT2D eigenvalue weighted by Crippen LogP contribution is -2.25. The third-order valence-electron chi connectivity index (χ3n) is 2.80. The molecule has 1 aliphatic rings. The van der Waals surface area contributed by atoms with E-state index in [1.54, 1.807) is 6.07 Å². The lowest BCUT2D eigenvalue weighted by atomic mass is 10.2. The van der Waals surface area contributed by atoms with Crippen LogP contribution in [0.1, 0.15) is 16.1 Å². The molecule has 3 rings (SSSR count). The molecule has 0 radical (unpaired) electrons. The minimum absolute atomic E-state index is 0.158. The van der Waals surface area contributed by atoms with Crippen molar-refractivity contribution in [3.8, 4) is 11.5 Å². The lowest BCUT2D eigenvalue weighted by molar-refractivity contribution is 0.0944. The van der Waals surface area contributed by atoms with Crippen LogP contribution in [0, 0.1) is 0 Å². The summed E-state index contributed by atoms with van der Waals surface area (Å²) in [6.07, 6.45) is 0. The van der Waals surface area contributed by atoms with Crippen LogP contribution >= 0.6 is 0 Å². The third-order valence-corrected chi connectivity index (χ3v) is 2.80. The van der Waals surface area contributed by atoms with E-state index in [-0.39, 0.29) is 24.0 Å². The predicted molar refractivity (Wildman–Crippen MR) is 68.6 cm³/mol. The van der Waals surface area contributed by atoms with Crippen LogP contribution < -0.4 is 20.3 Å². The number of aromatic nitrogens is 2. The zero-order valence-corrected chi connectivity index (χ0v) is 10.4. The van der Waals surface area contributed by atoms with Crippen molar-refractivity contribution in [1.29, 1.82) is 0 Å². The summed E-state index contributed by atoms with van der Waals surface area (Å²) in [6, 6.07) is 8.06. The Bertz CT molecular complexity index is 691. The van der Waals surface area contributed by atoms with Gasteiger partial charge in [0.05, 0.1) is 0 Å². The maximum Gasteiger partial charge on any atom is 0.271 e. The Labute approximate surface area is 113 Å². The van der Waals surface area contributed by atoms with Crippen LogP contribution in [0.2, 0.25) is 0 Å². The molecule has 1 amide bonds. The average Bonchev–Trinajstić information content (AvgIpc) is 2.93. The number of carbonyl (C=O) groups excluding carboxylic acids is 1. The van der Waals surface area contributed by atoms with Gasteiger partial charge in [-0.2, -0.15) is 5.10 Å². The Kier molecular flexibility index (Phi) is 3.08. The van der Waals surface area contributed by atoms with Gasteiger partial charge in [-0.25, -0.2) is 5.10 Å². The van der Waals surface area contributed by atoms with E-state index in [0.29, 0.717) is 18.0 Å². The van der Waals surface area contributed by atoms with Crippen LogP contribution in [0.15, 0.2) is 35.1 Å². The number of fused-ring (bicyclic) bond motifs is 1. The Morgan fingerprint density at radius 1 is 1.25 bits per heavy atom. The summed E-state index contributed by atoms with van der Waals surface area (Å²) in [6.45, 7) is 0.544. The second-order valence-electron chi connectivity index (χ2n) is 4.18. The van der Waals surface area contributed by atoms with Crippen molar-refractivity contribution in [3.63, 3.8) is 0 Å². The predicted octanol–water partition coefficient (Wildman–Crippen LogP) is 0.429. The average molecular weight is 273 g/mol. The molecule has 1 aromatic carbocycles. The summed E-state index contributed by atoms with van der Waals surface area (Å²) >= 11 is 0. The maximum atomic E-state index is 11.8. The first-order chi connectivity index (χ1) is 9.72. The Morgan fingerprint density at radius 2 is 2.10 bits per heavy atom. The van der Waals surface area contributed by atoms with Gasteiger partial charge in [0, 0.05) is 12.6 Å². The van der Waals surface area contributed by atoms with E-state index in [9.17, 15) is 9.59 Å². The minimum atomic E-state index is -0.362. The number of hydrogen-bond donors (Lipinski definition) is 2. The summed E-state index contributed by atoms with van der Waals surface area (Å²) in [5.41, 5.74) is 0.690. The van der Waals surface area contributed by atoms with Gasteiger partial charge in [0.1, 0.15) is 5.69 Å². The number of rotatable bonds is 3. The standard InChI is InChI=1S/C13H11N3O4/c17-12-4-2-9(15-16-12)13(18)14-6-8-1-3-10-11(5-8)20-7-19-10/h1-5H,6-7H2,(H,14,18)(H,16,17). The molecule has 2 N–H and O–H groups in total. The van der Waals surface area contributed by atoms with Crippen molar-refractivity contribution in [2.24, 2.45) is 0 Å². The molecule has 2 aromatic rings. The van der Waals surface area contributed by atoms with E-state index < -0.39 is 0 Å². The molecule has 0 atom stereocenters. The second-order valence-corrected chi connectivity index (χ2v) is 4.18. The first-order valence-electron chi connectivity index (χ1n) is 5.95. The molecule has 0 fully saturated rings. The summed E-state index contributed by atoms with van der Waals surface area (Å²) in [7, 11) is 0. The number of benzene rings is 1. The van der Waals surface area contributed by atoms with E-state index in [0.717, 1.165) is 5.56 Å². The molecule has 0 bridgehead atoms. The van der Waals surface area contributed by atoms with E-state index in [1.165, 1.54) is 12.1 Å². The SMILES string of the molecule is O=C(NCc1ccc2c(c1)OCO2)c1ccc(=O)[nH]n1. The van der Waals surface area contributed by atoms with Crippen molar-refractivity contribution in [2.75, 3.05) is 6.79 Å². The first-order valence-corrected chi connectivity index (χ1v) is 5.95. The van der Waals surface area contributed by atoms with Crippen LogP contribution in [0.5, 0.6) is 11.5 Å². The topological polar surface area (TPSA) is 93.3 Å². The van der Waals surface area contributed by atoms with Crippen LogP contribution in [-0.2, 0) is 6.54 Å². The van der Waals surface area contributed by atoms with Gasteiger partial charge in [0.25, 0.3) is 11.5 Å². The Hall–Kier alpha value is -2.83. The van der Waals surface area contributed by atoms with Crippen molar-refractivity contribution in [3.05, 3.63) is 51.9 Å². The van der Waals surface area contributed by atoms with Crippen LogP contribution in [0.3, 0.4) is 0 Å². The van der Waals surface area contributed by atoms with Gasteiger partial charge in [0.15, 0.2) is 11.5 Å².